The maximum Gasteiger partial charge on any atom is 0.245 e. The van der Waals surface area contributed by atoms with Crippen molar-refractivity contribution in [2.45, 2.75) is 51.5 Å². The van der Waals surface area contributed by atoms with Crippen LogP contribution in [0.4, 0.5) is 0 Å². The molecule has 1 saturated heterocycles. The van der Waals surface area contributed by atoms with Crippen LogP contribution >= 0.6 is 0 Å². The van der Waals surface area contributed by atoms with Crippen LogP contribution in [0.25, 0.3) is 11.0 Å². The number of aromatic nitrogens is 5. The molecule has 1 atom stereocenters. The van der Waals surface area contributed by atoms with E-state index >= 15 is 0 Å². The highest BCUT2D eigenvalue weighted by Crippen LogP contribution is 2.28. The second kappa shape index (κ2) is 7.50. The van der Waals surface area contributed by atoms with Crippen LogP contribution in [0.1, 0.15) is 56.7 Å². The maximum absolute atomic E-state index is 13.2. The molecule has 0 unspecified atom stereocenters. The number of carbonyl (C=O) groups is 1. The average Bonchev–Trinajstić information content (AvgIpc) is 3.35. The summed E-state index contributed by atoms with van der Waals surface area (Å²) in [6, 6.07) is 7.83. The molecule has 7 nitrogen and oxygen atoms in total. The summed E-state index contributed by atoms with van der Waals surface area (Å²) in [4.78, 5) is 24.3. The molecule has 1 aromatic carbocycles. The van der Waals surface area contributed by atoms with Crippen LogP contribution in [0.3, 0.4) is 0 Å². The summed E-state index contributed by atoms with van der Waals surface area (Å²) in [5.41, 5.74) is 2.00. The van der Waals surface area contributed by atoms with Gasteiger partial charge in [-0.05, 0) is 38.3 Å². The highest BCUT2D eigenvalue weighted by Gasteiger charge is 2.30. The number of aromatic amines is 1. The number of imidazole rings is 1. The van der Waals surface area contributed by atoms with E-state index < -0.39 is 0 Å². The minimum absolute atomic E-state index is 0.173. The van der Waals surface area contributed by atoms with E-state index in [1.807, 2.05) is 30.0 Å². The summed E-state index contributed by atoms with van der Waals surface area (Å²) in [6.07, 6.45) is 5.27. The molecule has 3 heterocycles. The molecule has 4 rings (SSSR count). The summed E-state index contributed by atoms with van der Waals surface area (Å²) < 4.78 is 2.13. The number of amides is 1. The third-order valence-electron chi connectivity index (χ3n) is 5.51. The van der Waals surface area contributed by atoms with Gasteiger partial charge in [-0.25, -0.2) is 9.97 Å². The van der Waals surface area contributed by atoms with Gasteiger partial charge in [0.1, 0.15) is 24.0 Å². The molecule has 1 aliphatic heterocycles. The summed E-state index contributed by atoms with van der Waals surface area (Å²) in [7, 11) is 0. The van der Waals surface area contributed by atoms with Crippen molar-refractivity contribution >= 4 is 16.9 Å². The van der Waals surface area contributed by atoms with Crippen LogP contribution in [0.2, 0.25) is 0 Å². The van der Waals surface area contributed by atoms with Crippen molar-refractivity contribution in [1.82, 2.24) is 29.6 Å². The first-order chi connectivity index (χ1) is 13.2. The molecular formula is C20H26N6O. The predicted molar refractivity (Wildman–Crippen MR) is 103 cm³/mol. The van der Waals surface area contributed by atoms with Gasteiger partial charge in [0.2, 0.25) is 5.91 Å². The van der Waals surface area contributed by atoms with E-state index in [2.05, 4.69) is 32.7 Å². The SMILES string of the molecule is CCCc1nc2ccccc2n1[C@H](C)C(=O)N1CCC(c2ncn[nH]2)CC1. The van der Waals surface area contributed by atoms with E-state index in [0.717, 1.165) is 61.5 Å². The molecule has 142 valence electrons. The number of rotatable bonds is 5. The largest absolute Gasteiger partial charge is 0.341 e. The van der Waals surface area contributed by atoms with Gasteiger partial charge < -0.3 is 9.47 Å². The van der Waals surface area contributed by atoms with Crippen molar-refractivity contribution in [3.05, 3.63) is 42.2 Å². The molecule has 1 fully saturated rings. The number of H-pyrrole nitrogens is 1. The Hall–Kier alpha value is -2.70. The summed E-state index contributed by atoms with van der Waals surface area (Å²) in [5, 5.41) is 6.90. The molecule has 1 N–H and O–H groups in total. The number of aryl methyl sites for hydroxylation is 1. The number of fused-ring (bicyclic) bond motifs is 1. The number of carbonyl (C=O) groups excluding carboxylic acids is 1. The molecule has 0 radical (unpaired) electrons. The van der Waals surface area contributed by atoms with E-state index in [0.29, 0.717) is 5.92 Å². The first-order valence-electron chi connectivity index (χ1n) is 9.79. The molecule has 0 bridgehead atoms. The first-order valence-corrected chi connectivity index (χ1v) is 9.79. The molecule has 2 aromatic heterocycles. The predicted octanol–water partition coefficient (Wildman–Crippen LogP) is 3.07. The van der Waals surface area contributed by atoms with E-state index in [9.17, 15) is 4.79 Å². The van der Waals surface area contributed by atoms with Crippen molar-refractivity contribution in [2.24, 2.45) is 0 Å². The first kappa shape index (κ1) is 17.7. The molecule has 0 aliphatic carbocycles. The lowest BCUT2D eigenvalue weighted by Crippen LogP contribution is -2.41. The zero-order valence-electron chi connectivity index (χ0n) is 15.9. The quantitative estimate of drug-likeness (QED) is 0.752. The van der Waals surface area contributed by atoms with Crippen LogP contribution in [0.5, 0.6) is 0 Å². The number of piperidine rings is 1. The Labute approximate surface area is 158 Å². The number of hydrogen-bond acceptors (Lipinski definition) is 4. The van der Waals surface area contributed by atoms with Gasteiger partial charge in [0.15, 0.2) is 0 Å². The summed E-state index contributed by atoms with van der Waals surface area (Å²) >= 11 is 0. The minimum atomic E-state index is -0.249. The topological polar surface area (TPSA) is 79.7 Å². The van der Waals surface area contributed by atoms with Crippen molar-refractivity contribution in [3.63, 3.8) is 0 Å². The Morgan fingerprint density at radius 1 is 1.30 bits per heavy atom. The fourth-order valence-corrected chi connectivity index (χ4v) is 4.09. The Balaban J connectivity index is 1.53. The van der Waals surface area contributed by atoms with Crippen molar-refractivity contribution in [2.75, 3.05) is 13.1 Å². The lowest BCUT2D eigenvalue weighted by molar-refractivity contribution is -0.135. The molecule has 0 spiro atoms. The lowest BCUT2D eigenvalue weighted by Gasteiger charge is -2.33. The summed E-state index contributed by atoms with van der Waals surface area (Å²) in [5.74, 6) is 2.46. The highest BCUT2D eigenvalue weighted by molar-refractivity contribution is 5.84. The van der Waals surface area contributed by atoms with Crippen molar-refractivity contribution in [1.29, 1.82) is 0 Å². The summed E-state index contributed by atoms with van der Waals surface area (Å²) in [6.45, 7) is 5.65. The molecule has 3 aromatic rings. The lowest BCUT2D eigenvalue weighted by atomic mass is 9.96. The Kier molecular flexibility index (Phi) is 4.92. The smallest absolute Gasteiger partial charge is 0.245 e. The van der Waals surface area contributed by atoms with E-state index in [1.54, 1.807) is 6.33 Å². The second-order valence-electron chi connectivity index (χ2n) is 7.28. The highest BCUT2D eigenvalue weighted by atomic mass is 16.2. The zero-order chi connectivity index (χ0) is 18.8. The third-order valence-corrected chi connectivity index (χ3v) is 5.51. The molecular weight excluding hydrogens is 340 g/mol. The maximum atomic E-state index is 13.2. The number of benzene rings is 1. The van der Waals surface area contributed by atoms with E-state index in [1.165, 1.54) is 0 Å². The van der Waals surface area contributed by atoms with Gasteiger partial charge >= 0.3 is 0 Å². The molecule has 0 saturated carbocycles. The van der Waals surface area contributed by atoms with Gasteiger partial charge in [0, 0.05) is 25.4 Å². The van der Waals surface area contributed by atoms with Gasteiger partial charge in [-0.3, -0.25) is 9.89 Å². The van der Waals surface area contributed by atoms with Gasteiger partial charge in [-0.15, -0.1) is 0 Å². The van der Waals surface area contributed by atoms with Gasteiger partial charge in [0.05, 0.1) is 11.0 Å². The van der Waals surface area contributed by atoms with Crippen molar-refractivity contribution < 1.29 is 4.79 Å². The average molecular weight is 366 g/mol. The van der Waals surface area contributed by atoms with Crippen molar-refractivity contribution in [3.8, 4) is 0 Å². The molecule has 1 aliphatic rings. The van der Waals surface area contributed by atoms with Crippen LogP contribution in [-0.4, -0.2) is 48.6 Å². The Morgan fingerprint density at radius 2 is 2.07 bits per heavy atom. The molecule has 1 amide bonds. The van der Waals surface area contributed by atoms with E-state index in [4.69, 9.17) is 4.98 Å². The van der Waals surface area contributed by atoms with E-state index in [-0.39, 0.29) is 11.9 Å². The van der Waals surface area contributed by atoms with Crippen LogP contribution in [0, 0.1) is 0 Å². The van der Waals surface area contributed by atoms with Gasteiger partial charge in [-0.2, -0.15) is 5.10 Å². The number of likely N-dealkylation sites (tertiary alicyclic amines) is 1. The van der Waals surface area contributed by atoms with Crippen LogP contribution in [0.15, 0.2) is 30.6 Å². The fraction of sp³-hybridized carbons (Fsp3) is 0.500. The Morgan fingerprint density at radius 3 is 2.78 bits per heavy atom. The second-order valence-corrected chi connectivity index (χ2v) is 7.28. The van der Waals surface area contributed by atoms with Crippen LogP contribution < -0.4 is 0 Å². The minimum Gasteiger partial charge on any atom is -0.341 e. The van der Waals surface area contributed by atoms with Gasteiger partial charge in [0.25, 0.3) is 0 Å². The molecule has 7 heteroatoms. The zero-order valence-corrected chi connectivity index (χ0v) is 15.9. The number of nitrogens with one attached hydrogen (secondary N) is 1. The van der Waals surface area contributed by atoms with Crippen LogP contribution in [-0.2, 0) is 11.2 Å². The number of nitrogens with zero attached hydrogens (tertiary/aromatic N) is 5. The normalized spacial score (nSPS) is 16.7. The Bertz CT molecular complexity index is 908. The molecule has 27 heavy (non-hydrogen) atoms. The monoisotopic (exact) mass is 366 g/mol. The third kappa shape index (κ3) is 3.34. The standard InChI is InChI=1S/C20H26N6O/c1-3-6-18-23-16-7-4-5-8-17(16)26(18)14(2)20(27)25-11-9-15(10-12-25)19-21-13-22-24-19/h4-5,7-8,13-15H,3,6,9-12H2,1-2H3,(H,21,22,24)/t14-/m1/s1. The number of hydrogen-bond donors (Lipinski definition) is 1. The fourth-order valence-electron chi connectivity index (χ4n) is 4.09. The van der Waals surface area contributed by atoms with Gasteiger partial charge in [-0.1, -0.05) is 19.1 Å². The number of para-hydroxylation sites is 2.